The average molecular weight is 378 g/mol. The number of rotatable bonds is 4. The average Bonchev–Trinajstić information content (AvgIpc) is 3.18. The molecule has 3 heterocycles. The molecule has 7 heteroatoms. The second kappa shape index (κ2) is 7.80. The summed E-state index contributed by atoms with van der Waals surface area (Å²) in [5, 5.41) is 3.97. The number of hydrogen-bond donors (Lipinski definition) is 0. The van der Waals surface area contributed by atoms with Crippen LogP contribution in [0.25, 0.3) is 11.3 Å². The molecule has 28 heavy (non-hydrogen) atoms. The van der Waals surface area contributed by atoms with Gasteiger partial charge < -0.3 is 14.2 Å². The normalized spacial score (nSPS) is 16.8. The molecule has 1 fully saturated rings. The van der Waals surface area contributed by atoms with E-state index in [0.717, 1.165) is 29.8 Å². The number of ether oxygens (including phenoxy) is 1. The van der Waals surface area contributed by atoms with Gasteiger partial charge in [-0.3, -0.25) is 4.79 Å². The fraction of sp³-hybridized carbons (Fsp3) is 0.333. The minimum absolute atomic E-state index is 0.139. The third-order valence-corrected chi connectivity index (χ3v) is 4.69. The maximum Gasteiger partial charge on any atom is 0.317 e. The molecule has 1 amide bonds. The van der Waals surface area contributed by atoms with Crippen molar-refractivity contribution < 1.29 is 14.1 Å². The van der Waals surface area contributed by atoms with E-state index < -0.39 is 0 Å². The number of aryl methyl sites for hydroxylation is 2. The molecule has 3 aromatic rings. The minimum atomic E-state index is -0.152. The predicted octanol–water partition coefficient (Wildman–Crippen LogP) is 3.43. The summed E-state index contributed by atoms with van der Waals surface area (Å²) in [5.74, 6) is 0.429. The lowest BCUT2D eigenvalue weighted by molar-refractivity contribution is 0.0506. The highest BCUT2D eigenvalue weighted by atomic mass is 16.5. The number of benzene rings is 1. The van der Waals surface area contributed by atoms with Crippen LogP contribution in [0.3, 0.4) is 0 Å². The van der Waals surface area contributed by atoms with Gasteiger partial charge in [-0.05, 0) is 32.8 Å². The first-order chi connectivity index (χ1) is 13.6. The van der Waals surface area contributed by atoms with Gasteiger partial charge in [0.1, 0.15) is 6.10 Å². The van der Waals surface area contributed by atoms with E-state index in [0.29, 0.717) is 30.6 Å². The molecule has 1 unspecified atom stereocenters. The van der Waals surface area contributed by atoms with Crippen molar-refractivity contribution in [1.29, 1.82) is 0 Å². The molecule has 1 saturated heterocycles. The fourth-order valence-corrected chi connectivity index (χ4v) is 3.39. The van der Waals surface area contributed by atoms with E-state index in [2.05, 4.69) is 15.1 Å². The molecule has 0 radical (unpaired) electrons. The topological polar surface area (TPSA) is 81.4 Å². The Hall–Kier alpha value is -3.22. The van der Waals surface area contributed by atoms with Gasteiger partial charge >= 0.3 is 6.01 Å². The Labute approximate surface area is 163 Å². The van der Waals surface area contributed by atoms with E-state index in [-0.39, 0.29) is 12.0 Å². The number of hydrogen-bond acceptors (Lipinski definition) is 6. The summed E-state index contributed by atoms with van der Waals surface area (Å²) in [6.45, 7) is 4.96. The molecular formula is C21H22N4O3. The summed E-state index contributed by atoms with van der Waals surface area (Å²) in [7, 11) is 0. The van der Waals surface area contributed by atoms with Crippen LogP contribution in [0.15, 0.2) is 47.0 Å². The summed E-state index contributed by atoms with van der Waals surface area (Å²) < 4.78 is 11.3. The number of nitrogens with zero attached hydrogens (tertiary/aromatic N) is 4. The zero-order valence-corrected chi connectivity index (χ0v) is 16.0. The second-order valence-electron chi connectivity index (χ2n) is 7.01. The van der Waals surface area contributed by atoms with Gasteiger partial charge in [0.15, 0.2) is 11.5 Å². The van der Waals surface area contributed by atoms with Gasteiger partial charge in [0.25, 0.3) is 5.91 Å². The summed E-state index contributed by atoms with van der Waals surface area (Å²) in [4.78, 5) is 23.3. The van der Waals surface area contributed by atoms with Crippen molar-refractivity contribution >= 4 is 5.91 Å². The van der Waals surface area contributed by atoms with E-state index in [1.807, 2.05) is 50.2 Å². The molecule has 0 saturated carbocycles. The lowest BCUT2D eigenvalue weighted by Crippen LogP contribution is -2.44. The Bertz CT molecular complexity index is 951. The fourth-order valence-electron chi connectivity index (χ4n) is 3.39. The van der Waals surface area contributed by atoms with Gasteiger partial charge in [-0.15, -0.1) is 0 Å². The summed E-state index contributed by atoms with van der Waals surface area (Å²) in [6.07, 6.45) is 1.57. The number of amides is 1. The van der Waals surface area contributed by atoms with Crippen LogP contribution in [-0.2, 0) is 0 Å². The number of aromatic nitrogens is 3. The molecular weight excluding hydrogens is 356 g/mol. The van der Waals surface area contributed by atoms with Crippen molar-refractivity contribution in [2.45, 2.75) is 32.8 Å². The van der Waals surface area contributed by atoms with Crippen LogP contribution in [-0.4, -0.2) is 45.1 Å². The van der Waals surface area contributed by atoms with Crippen molar-refractivity contribution in [1.82, 2.24) is 20.0 Å². The SMILES string of the molecule is Cc1cc(C)nc(OC2CCCN(C(=O)c3cc(-c4ccccc4)on3)C2)n1. The number of piperidine rings is 1. The minimum Gasteiger partial charge on any atom is -0.458 e. The molecule has 0 aliphatic carbocycles. The zero-order valence-electron chi connectivity index (χ0n) is 16.0. The maximum absolute atomic E-state index is 12.9. The number of likely N-dealkylation sites (tertiary alicyclic amines) is 1. The summed E-state index contributed by atoms with van der Waals surface area (Å²) >= 11 is 0. The molecule has 144 valence electrons. The van der Waals surface area contributed by atoms with Crippen LogP contribution in [0.1, 0.15) is 34.7 Å². The first kappa shape index (κ1) is 18.2. The zero-order chi connectivity index (χ0) is 19.5. The third-order valence-electron chi connectivity index (χ3n) is 4.69. The molecule has 0 N–H and O–H groups in total. The maximum atomic E-state index is 12.9. The lowest BCUT2D eigenvalue weighted by Gasteiger charge is -2.31. The van der Waals surface area contributed by atoms with Crippen LogP contribution in [0.5, 0.6) is 6.01 Å². The second-order valence-corrected chi connectivity index (χ2v) is 7.01. The molecule has 1 aromatic carbocycles. The Kier molecular flexibility index (Phi) is 5.06. The smallest absolute Gasteiger partial charge is 0.317 e. The van der Waals surface area contributed by atoms with Gasteiger partial charge in [0.05, 0.1) is 6.54 Å². The summed E-state index contributed by atoms with van der Waals surface area (Å²) in [6, 6.07) is 13.6. The quantitative estimate of drug-likeness (QED) is 0.692. The molecule has 2 aromatic heterocycles. The molecule has 7 nitrogen and oxygen atoms in total. The van der Waals surface area contributed by atoms with Gasteiger partial charge in [-0.2, -0.15) is 0 Å². The molecule has 1 aliphatic heterocycles. The van der Waals surface area contributed by atoms with E-state index >= 15 is 0 Å². The Balaban J connectivity index is 1.44. The van der Waals surface area contributed by atoms with Crippen LogP contribution >= 0.6 is 0 Å². The lowest BCUT2D eigenvalue weighted by atomic mass is 10.1. The van der Waals surface area contributed by atoms with Crippen LogP contribution in [0.2, 0.25) is 0 Å². The Morgan fingerprint density at radius 1 is 1.14 bits per heavy atom. The Morgan fingerprint density at radius 3 is 2.64 bits per heavy atom. The highest BCUT2D eigenvalue weighted by molar-refractivity contribution is 5.93. The Morgan fingerprint density at radius 2 is 1.89 bits per heavy atom. The van der Waals surface area contributed by atoms with Crippen molar-refractivity contribution in [2.24, 2.45) is 0 Å². The van der Waals surface area contributed by atoms with Crippen LogP contribution < -0.4 is 4.74 Å². The van der Waals surface area contributed by atoms with Gasteiger partial charge in [0, 0.05) is 29.6 Å². The van der Waals surface area contributed by atoms with E-state index in [9.17, 15) is 4.79 Å². The van der Waals surface area contributed by atoms with E-state index in [4.69, 9.17) is 9.26 Å². The standard InChI is InChI=1S/C21H22N4O3/c1-14-11-15(2)23-21(22-14)27-17-9-6-10-25(13-17)20(26)18-12-19(28-24-18)16-7-4-3-5-8-16/h3-5,7-8,11-12,17H,6,9-10,13H2,1-2H3. The number of carbonyl (C=O) groups is 1. The van der Waals surface area contributed by atoms with Crippen molar-refractivity contribution in [3.63, 3.8) is 0 Å². The van der Waals surface area contributed by atoms with Gasteiger partial charge in [0.2, 0.25) is 0 Å². The molecule has 4 rings (SSSR count). The third kappa shape index (κ3) is 4.03. The van der Waals surface area contributed by atoms with Crippen molar-refractivity contribution in [2.75, 3.05) is 13.1 Å². The van der Waals surface area contributed by atoms with Crippen molar-refractivity contribution in [3.8, 4) is 17.3 Å². The highest BCUT2D eigenvalue weighted by Crippen LogP contribution is 2.22. The molecule has 1 aliphatic rings. The number of carbonyl (C=O) groups excluding carboxylic acids is 1. The first-order valence-corrected chi connectivity index (χ1v) is 9.39. The van der Waals surface area contributed by atoms with Crippen LogP contribution in [0.4, 0.5) is 0 Å². The predicted molar refractivity (Wildman–Crippen MR) is 103 cm³/mol. The molecule has 1 atom stereocenters. The molecule has 0 bridgehead atoms. The summed E-state index contributed by atoms with van der Waals surface area (Å²) in [5.41, 5.74) is 2.92. The van der Waals surface area contributed by atoms with E-state index in [1.54, 1.807) is 11.0 Å². The van der Waals surface area contributed by atoms with Gasteiger partial charge in [-0.1, -0.05) is 35.5 Å². The first-order valence-electron chi connectivity index (χ1n) is 9.39. The highest BCUT2D eigenvalue weighted by Gasteiger charge is 2.28. The van der Waals surface area contributed by atoms with Gasteiger partial charge in [-0.25, -0.2) is 9.97 Å². The van der Waals surface area contributed by atoms with Crippen LogP contribution in [0, 0.1) is 13.8 Å². The largest absolute Gasteiger partial charge is 0.458 e. The molecule has 0 spiro atoms. The monoisotopic (exact) mass is 378 g/mol. The van der Waals surface area contributed by atoms with E-state index in [1.165, 1.54) is 0 Å². The van der Waals surface area contributed by atoms with Crippen molar-refractivity contribution in [3.05, 3.63) is 59.5 Å².